The predicted octanol–water partition coefficient (Wildman–Crippen LogP) is 1.63. The number of aliphatic hydroxyl groups excluding tert-OH is 1. The van der Waals surface area contributed by atoms with Crippen molar-refractivity contribution in [2.75, 3.05) is 46.0 Å². The summed E-state index contributed by atoms with van der Waals surface area (Å²) in [7, 11) is 0. The lowest BCUT2D eigenvalue weighted by atomic mass is 9.67. The van der Waals surface area contributed by atoms with Crippen molar-refractivity contribution in [1.29, 1.82) is 0 Å². The molecule has 3 aliphatic heterocycles. The molecule has 4 heteroatoms. The Labute approximate surface area is 134 Å². The fourth-order valence-electron chi connectivity index (χ4n) is 5.66. The molecular formula is C18H32N2O2. The Morgan fingerprint density at radius 3 is 2.55 bits per heavy atom. The van der Waals surface area contributed by atoms with E-state index in [0.717, 1.165) is 38.8 Å². The smallest absolute Gasteiger partial charge is 0.0513 e. The van der Waals surface area contributed by atoms with Crippen LogP contribution in [0.2, 0.25) is 0 Å². The quantitative estimate of drug-likeness (QED) is 0.814. The number of hydrogen-bond acceptors (Lipinski definition) is 4. The first-order valence-electron chi connectivity index (χ1n) is 9.39. The maximum Gasteiger partial charge on any atom is 0.0513 e. The molecule has 4 aliphatic rings. The average Bonchev–Trinajstić information content (AvgIpc) is 2.96. The normalized spacial score (nSPS) is 40.0. The van der Waals surface area contributed by atoms with Crippen molar-refractivity contribution in [3.8, 4) is 0 Å². The summed E-state index contributed by atoms with van der Waals surface area (Å²) in [6.45, 7) is 6.75. The van der Waals surface area contributed by atoms with E-state index in [9.17, 15) is 5.11 Å². The van der Waals surface area contributed by atoms with Gasteiger partial charge in [-0.25, -0.2) is 0 Å². The number of likely N-dealkylation sites (tertiary alicyclic amines) is 1. The van der Waals surface area contributed by atoms with Gasteiger partial charge in [-0.05, 0) is 63.5 Å². The highest BCUT2D eigenvalue weighted by atomic mass is 16.5. The molecule has 4 rings (SSSR count). The van der Waals surface area contributed by atoms with Crippen LogP contribution >= 0.6 is 0 Å². The first kappa shape index (κ1) is 15.4. The molecule has 0 unspecified atom stereocenters. The number of fused-ring (bicyclic) bond motifs is 1. The molecule has 2 N–H and O–H groups in total. The van der Waals surface area contributed by atoms with Crippen LogP contribution in [-0.2, 0) is 4.74 Å². The molecule has 22 heavy (non-hydrogen) atoms. The standard InChI is InChI=1S/C18H32N2O2/c21-14-18-7-10-22-12-15(18)11-20(13-18)16-1-3-17(4-2-16)5-8-19-9-6-17/h15-16,19,21H,1-14H2/t15-,18-/m1/s1. The van der Waals surface area contributed by atoms with E-state index in [2.05, 4.69) is 10.2 Å². The maximum atomic E-state index is 9.98. The zero-order valence-electron chi connectivity index (χ0n) is 13.9. The minimum Gasteiger partial charge on any atom is -0.396 e. The lowest BCUT2D eigenvalue weighted by molar-refractivity contribution is -0.0420. The van der Waals surface area contributed by atoms with E-state index < -0.39 is 0 Å². The maximum absolute atomic E-state index is 9.98. The van der Waals surface area contributed by atoms with Crippen LogP contribution < -0.4 is 5.32 Å². The molecule has 1 aliphatic carbocycles. The van der Waals surface area contributed by atoms with Crippen LogP contribution in [0.15, 0.2) is 0 Å². The molecule has 0 aromatic heterocycles. The van der Waals surface area contributed by atoms with Gasteiger partial charge in [-0.2, -0.15) is 0 Å². The van der Waals surface area contributed by atoms with Crippen molar-refractivity contribution in [3.63, 3.8) is 0 Å². The molecule has 0 aromatic carbocycles. The first-order valence-corrected chi connectivity index (χ1v) is 9.39. The van der Waals surface area contributed by atoms with Crippen LogP contribution in [0, 0.1) is 16.7 Å². The molecule has 2 atom stereocenters. The Morgan fingerprint density at radius 2 is 1.86 bits per heavy atom. The summed E-state index contributed by atoms with van der Waals surface area (Å²) < 4.78 is 5.69. The number of nitrogens with one attached hydrogen (secondary N) is 1. The molecular weight excluding hydrogens is 276 g/mol. The second kappa shape index (κ2) is 6.04. The van der Waals surface area contributed by atoms with Gasteiger partial charge in [0.1, 0.15) is 0 Å². The summed E-state index contributed by atoms with van der Waals surface area (Å²) in [5.41, 5.74) is 0.800. The molecule has 0 radical (unpaired) electrons. The van der Waals surface area contributed by atoms with Gasteiger partial charge in [0, 0.05) is 37.1 Å². The van der Waals surface area contributed by atoms with Crippen molar-refractivity contribution in [1.82, 2.24) is 10.2 Å². The van der Waals surface area contributed by atoms with Crippen LogP contribution in [0.5, 0.6) is 0 Å². The van der Waals surface area contributed by atoms with Gasteiger partial charge in [0.2, 0.25) is 0 Å². The van der Waals surface area contributed by atoms with E-state index in [0.29, 0.717) is 17.9 Å². The number of aliphatic hydroxyl groups is 1. The molecule has 4 nitrogen and oxygen atoms in total. The van der Waals surface area contributed by atoms with Crippen molar-refractivity contribution >= 4 is 0 Å². The van der Waals surface area contributed by atoms with E-state index in [1.807, 2.05) is 0 Å². The van der Waals surface area contributed by atoms with Crippen molar-refractivity contribution in [2.24, 2.45) is 16.7 Å². The summed E-state index contributed by atoms with van der Waals surface area (Å²) in [6, 6.07) is 0.759. The molecule has 126 valence electrons. The number of piperidine rings is 1. The van der Waals surface area contributed by atoms with Gasteiger partial charge in [0.15, 0.2) is 0 Å². The zero-order chi connectivity index (χ0) is 15.0. The van der Waals surface area contributed by atoms with Crippen LogP contribution in [-0.4, -0.2) is 62.0 Å². The number of hydrogen-bond donors (Lipinski definition) is 2. The van der Waals surface area contributed by atoms with E-state index >= 15 is 0 Å². The highest BCUT2D eigenvalue weighted by molar-refractivity contribution is 5.01. The zero-order valence-corrected chi connectivity index (χ0v) is 13.9. The van der Waals surface area contributed by atoms with E-state index in [1.165, 1.54) is 51.6 Å². The number of nitrogens with zero attached hydrogens (tertiary/aromatic N) is 1. The van der Waals surface area contributed by atoms with Crippen molar-refractivity contribution in [3.05, 3.63) is 0 Å². The summed E-state index contributed by atoms with van der Waals surface area (Å²) in [6.07, 6.45) is 9.40. The largest absolute Gasteiger partial charge is 0.396 e. The molecule has 0 amide bonds. The van der Waals surface area contributed by atoms with Crippen molar-refractivity contribution in [2.45, 2.75) is 51.0 Å². The van der Waals surface area contributed by atoms with Gasteiger partial charge >= 0.3 is 0 Å². The number of ether oxygens (including phenoxy) is 1. The molecule has 1 saturated carbocycles. The molecule has 0 bridgehead atoms. The van der Waals surface area contributed by atoms with Crippen LogP contribution in [0.1, 0.15) is 44.9 Å². The van der Waals surface area contributed by atoms with Gasteiger partial charge in [-0.3, -0.25) is 4.90 Å². The highest BCUT2D eigenvalue weighted by Crippen LogP contribution is 2.48. The van der Waals surface area contributed by atoms with Gasteiger partial charge in [0.05, 0.1) is 13.2 Å². The van der Waals surface area contributed by atoms with Gasteiger partial charge < -0.3 is 15.2 Å². The van der Waals surface area contributed by atoms with Gasteiger partial charge in [-0.15, -0.1) is 0 Å². The third-order valence-corrected chi connectivity index (χ3v) is 7.41. The summed E-state index contributed by atoms with van der Waals surface area (Å²) in [4.78, 5) is 2.71. The van der Waals surface area contributed by atoms with Gasteiger partial charge in [-0.1, -0.05) is 0 Å². The fraction of sp³-hybridized carbons (Fsp3) is 1.00. The summed E-state index contributed by atoms with van der Waals surface area (Å²) in [5, 5.41) is 13.5. The van der Waals surface area contributed by atoms with Gasteiger partial charge in [0.25, 0.3) is 0 Å². The number of rotatable bonds is 2. The predicted molar refractivity (Wildman–Crippen MR) is 86.8 cm³/mol. The van der Waals surface area contributed by atoms with Crippen molar-refractivity contribution < 1.29 is 9.84 Å². The summed E-state index contributed by atoms with van der Waals surface area (Å²) >= 11 is 0. The molecule has 0 aromatic rings. The first-order chi connectivity index (χ1) is 10.8. The topological polar surface area (TPSA) is 44.7 Å². The second-order valence-electron chi connectivity index (χ2n) is 8.45. The molecule has 1 spiro atoms. The Morgan fingerprint density at radius 1 is 1.09 bits per heavy atom. The highest BCUT2D eigenvalue weighted by Gasteiger charge is 2.50. The van der Waals surface area contributed by atoms with Crippen LogP contribution in [0.25, 0.3) is 0 Å². The average molecular weight is 308 g/mol. The fourth-order valence-corrected chi connectivity index (χ4v) is 5.66. The monoisotopic (exact) mass is 308 g/mol. The molecule has 4 fully saturated rings. The minimum atomic E-state index is 0.141. The Bertz CT molecular complexity index is 387. The molecule has 3 saturated heterocycles. The summed E-state index contributed by atoms with van der Waals surface area (Å²) in [5.74, 6) is 0.556. The minimum absolute atomic E-state index is 0.141. The van der Waals surface area contributed by atoms with E-state index in [4.69, 9.17) is 4.74 Å². The lowest BCUT2D eigenvalue weighted by Crippen LogP contribution is -2.45. The van der Waals surface area contributed by atoms with Crippen LogP contribution in [0.4, 0.5) is 0 Å². The second-order valence-corrected chi connectivity index (χ2v) is 8.45. The lowest BCUT2D eigenvalue weighted by Gasteiger charge is -2.45. The SMILES string of the molecule is OC[C@]12CCOC[C@H]1CN(C1CCC3(CCNCC3)CC1)C2. The third kappa shape index (κ3) is 2.62. The Kier molecular flexibility index (Phi) is 4.22. The Balaban J connectivity index is 1.38. The Hall–Kier alpha value is -0.160. The van der Waals surface area contributed by atoms with E-state index in [-0.39, 0.29) is 5.41 Å². The van der Waals surface area contributed by atoms with E-state index in [1.54, 1.807) is 0 Å². The third-order valence-electron chi connectivity index (χ3n) is 7.41. The van der Waals surface area contributed by atoms with Crippen LogP contribution in [0.3, 0.4) is 0 Å². The molecule has 3 heterocycles.